The summed E-state index contributed by atoms with van der Waals surface area (Å²) in [6.45, 7) is 2.35. The van der Waals surface area contributed by atoms with E-state index in [2.05, 4.69) is 20.3 Å². The van der Waals surface area contributed by atoms with Crippen molar-refractivity contribution in [3.8, 4) is 11.6 Å². The third kappa shape index (κ3) is 3.78. The summed E-state index contributed by atoms with van der Waals surface area (Å²) in [5, 5.41) is 2.95. The van der Waals surface area contributed by atoms with Crippen molar-refractivity contribution in [2.24, 2.45) is 0 Å². The second kappa shape index (κ2) is 6.65. The van der Waals surface area contributed by atoms with Crippen LogP contribution in [0.5, 0.6) is 11.6 Å². The molecule has 0 amide bonds. The smallest absolute Gasteiger partial charge is 0.255 e. The molecule has 1 unspecified atom stereocenters. The predicted octanol–water partition coefficient (Wildman–Crippen LogP) is 1.90. The first-order valence-electron chi connectivity index (χ1n) is 6.06. The molecular weight excluding hydrogens is 263 g/mol. The van der Waals surface area contributed by atoms with Gasteiger partial charge in [0.2, 0.25) is 11.8 Å². The lowest BCUT2D eigenvalue weighted by molar-refractivity contribution is 0.233. The third-order valence-corrected chi connectivity index (χ3v) is 2.42. The normalized spacial score (nSPS) is 11.8. The number of pyridine rings is 1. The van der Waals surface area contributed by atoms with Crippen molar-refractivity contribution in [2.45, 2.75) is 13.0 Å². The van der Waals surface area contributed by atoms with Gasteiger partial charge in [0.15, 0.2) is 0 Å². The Balaban J connectivity index is 1.88. The van der Waals surface area contributed by atoms with E-state index in [9.17, 15) is 4.39 Å². The van der Waals surface area contributed by atoms with Gasteiger partial charge in [0.25, 0.3) is 5.88 Å². The van der Waals surface area contributed by atoms with E-state index in [-0.39, 0.29) is 17.9 Å². The topological polar surface area (TPSA) is 69.2 Å². The third-order valence-electron chi connectivity index (χ3n) is 2.42. The average Bonchev–Trinajstić information content (AvgIpc) is 2.47. The van der Waals surface area contributed by atoms with Crippen LogP contribution in [0.3, 0.4) is 0 Å². The minimum Gasteiger partial charge on any atom is -0.487 e. The number of anilines is 1. The summed E-state index contributed by atoms with van der Waals surface area (Å²) < 4.78 is 23.6. The molecule has 2 aromatic heterocycles. The van der Waals surface area contributed by atoms with E-state index in [0.29, 0.717) is 12.3 Å². The molecule has 2 aromatic rings. The van der Waals surface area contributed by atoms with Crippen molar-refractivity contribution in [1.29, 1.82) is 0 Å². The fourth-order valence-electron chi connectivity index (χ4n) is 1.51. The van der Waals surface area contributed by atoms with Crippen LogP contribution in [0.2, 0.25) is 0 Å². The molecule has 0 bridgehead atoms. The van der Waals surface area contributed by atoms with Crippen LogP contribution >= 0.6 is 0 Å². The van der Waals surface area contributed by atoms with Crippen molar-refractivity contribution < 1.29 is 13.9 Å². The minimum atomic E-state index is -0.599. The van der Waals surface area contributed by atoms with Gasteiger partial charge in [0.05, 0.1) is 26.0 Å². The average molecular weight is 278 g/mol. The van der Waals surface area contributed by atoms with Gasteiger partial charge < -0.3 is 14.8 Å². The van der Waals surface area contributed by atoms with E-state index >= 15 is 0 Å². The van der Waals surface area contributed by atoms with Crippen LogP contribution in [0.1, 0.15) is 6.92 Å². The molecule has 0 aliphatic heterocycles. The Labute approximate surface area is 116 Å². The summed E-state index contributed by atoms with van der Waals surface area (Å²) in [5.41, 5.74) is 0. The highest BCUT2D eigenvalue weighted by Gasteiger charge is 2.09. The molecule has 0 aromatic carbocycles. The molecule has 106 valence electrons. The largest absolute Gasteiger partial charge is 0.487 e. The molecule has 20 heavy (non-hydrogen) atoms. The van der Waals surface area contributed by atoms with E-state index < -0.39 is 5.82 Å². The molecule has 2 rings (SSSR count). The summed E-state index contributed by atoms with van der Waals surface area (Å²) in [7, 11) is 1.35. The number of nitrogens with one attached hydrogen (secondary N) is 1. The lowest BCUT2D eigenvalue weighted by atomic mass is 10.4. The van der Waals surface area contributed by atoms with Gasteiger partial charge in [0, 0.05) is 6.20 Å². The highest BCUT2D eigenvalue weighted by molar-refractivity contribution is 5.28. The first-order chi connectivity index (χ1) is 9.69. The maximum atomic E-state index is 13.1. The van der Waals surface area contributed by atoms with Gasteiger partial charge in [-0.2, -0.15) is 9.37 Å². The van der Waals surface area contributed by atoms with Gasteiger partial charge in [-0.1, -0.05) is 0 Å². The highest BCUT2D eigenvalue weighted by Crippen LogP contribution is 2.14. The van der Waals surface area contributed by atoms with Crippen LogP contribution in [0.25, 0.3) is 0 Å². The summed E-state index contributed by atoms with van der Waals surface area (Å²) >= 11 is 0. The van der Waals surface area contributed by atoms with E-state index in [4.69, 9.17) is 9.47 Å². The minimum absolute atomic E-state index is 0.0941. The number of hydrogen-bond donors (Lipinski definition) is 1. The second-order valence-corrected chi connectivity index (χ2v) is 4.05. The molecule has 6 nitrogen and oxygen atoms in total. The molecule has 7 heteroatoms. The van der Waals surface area contributed by atoms with Crippen molar-refractivity contribution >= 4 is 5.95 Å². The molecular formula is C13H15FN4O2. The number of methoxy groups -OCH3 is 1. The summed E-state index contributed by atoms with van der Waals surface area (Å²) in [4.78, 5) is 11.7. The predicted molar refractivity (Wildman–Crippen MR) is 71.4 cm³/mol. The fraction of sp³-hybridized carbons (Fsp3) is 0.308. The molecule has 0 aliphatic carbocycles. The van der Waals surface area contributed by atoms with Crippen LogP contribution in [-0.4, -0.2) is 34.7 Å². The Morgan fingerprint density at radius 1 is 1.40 bits per heavy atom. The van der Waals surface area contributed by atoms with Gasteiger partial charge >= 0.3 is 0 Å². The summed E-state index contributed by atoms with van der Waals surface area (Å²) in [5.74, 6) is 0.269. The molecule has 0 saturated heterocycles. The van der Waals surface area contributed by atoms with Crippen molar-refractivity contribution in [1.82, 2.24) is 15.0 Å². The Kier molecular flexibility index (Phi) is 4.65. The molecule has 0 radical (unpaired) electrons. The van der Waals surface area contributed by atoms with Crippen molar-refractivity contribution in [3.05, 3.63) is 36.5 Å². The van der Waals surface area contributed by atoms with E-state index in [1.807, 2.05) is 13.0 Å². The van der Waals surface area contributed by atoms with Crippen molar-refractivity contribution in [3.63, 3.8) is 0 Å². The molecule has 1 N–H and O–H groups in total. The van der Waals surface area contributed by atoms with Crippen LogP contribution in [0, 0.1) is 5.82 Å². The summed E-state index contributed by atoms with van der Waals surface area (Å²) in [6.07, 6.45) is 4.24. The van der Waals surface area contributed by atoms with Crippen LogP contribution in [0.15, 0.2) is 30.7 Å². The monoisotopic (exact) mass is 278 g/mol. The molecule has 1 atom stereocenters. The molecule has 0 aliphatic rings. The Bertz CT molecular complexity index is 553. The Morgan fingerprint density at radius 3 is 2.95 bits per heavy atom. The quantitative estimate of drug-likeness (QED) is 0.870. The van der Waals surface area contributed by atoms with E-state index in [0.717, 1.165) is 6.20 Å². The van der Waals surface area contributed by atoms with Crippen LogP contribution in [-0.2, 0) is 0 Å². The number of rotatable bonds is 6. The van der Waals surface area contributed by atoms with Gasteiger partial charge in [-0.15, -0.1) is 0 Å². The van der Waals surface area contributed by atoms with Crippen LogP contribution in [0.4, 0.5) is 10.3 Å². The number of halogens is 1. The SMILES string of the molecule is COc1nc(NCC(C)Oc2cccnc2)ncc1F. The highest BCUT2D eigenvalue weighted by atomic mass is 19.1. The fourth-order valence-corrected chi connectivity index (χ4v) is 1.51. The van der Waals surface area contributed by atoms with Gasteiger partial charge in [0.1, 0.15) is 11.9 Å². The number of ether oxygens (including phenoxy) is 2. The number of hydrogen-bond acceptors (Lipinski definition) is 6. The Morgan fingerprint density at radius 2 is 2.25 bits per heavy atom. The molecule has 0 saturated carbocycles. The molecule has 0 spiro atoms. The van der Waals surface area contributed by atoms with Gasteiger partial charge in [-0.3, -0.25) is 4.98 Å². The first kappa shape index (κ1) is 14.0. The number of aromatic nitrogens is 3. The lowest BCUT2D eigenvalue weighted by Gasteiger charge is -2.15. The lowest BCUT2D eigenvalue weighted by Crippen LogP contribution is -2.23. The summed E-state index contributed by atoms with van der Waals surface area (Å²) in [6, 6.07) is 3.62. The maximum Gasteiger partial charge on any atom is 0.255 e. The van der Waals surface area contributed by atoms with Gasteiger partial charge in [-0.05, 0) is 19.1 Å². The Hall–Kier alpha value is -2.44. The van der Waals surface area contributed by atoms with E-state index in [1.165, 1.54) is 7.11 Å². The van der Waals surface area contributed by atoms with Crippen molar-refractivity contribution in [2.75, 3.05) is 19.0 Å². The second-order valence-electron chi connectivity index (χ2n) is 4.05. The zero-order chi connectivity index (χ0) is 14.4. The maximum absolute atomic E-state index is 13.1. The van der Waals surface area contributed by atoms with Gasteiger partial charge in [-0.25, -0.2) is 4.98 Å². The zero-order valence-corrected chi connectivity index (χ0v) is 11.2. The number of nitrogens with zero attached hydrogens (tertiary/aromatic N) is 3. The molecule has 0 fully saturated rings. The molecule has 2 heterocycles. The zero-order valence-electron chi connectivity index (χ0n) is 11.2. The first-order valence-corrected chi connectivity index (χ1v) is 6.06. The van der Waals surface area contributed by atoms with E-state index in [1.54, 1.807) is 18.5 Å². The standard InChI is InChI=1S/C13H15FN4O2/c1-9(20-10-4-3-5-15-7-10)6-16-13-17-8-11(14)12(18-13)19-2/h3-5,7-9H,6H2,1-2H3,(H,16,17,18). The van der Waals surface area contributed by atoms with Crippen LogP contribution < -0.4 is 14.8 Å².